The van der Waals surface area contributed by atoms with Crippen LogP contribution in [-0.4, -0.2) is 35.9 Å². The third-order valence-electron chi connectivity index (χ3n) is 7.17. The molecular formula is C32H36N4O3S. The molecule has 1 N–H and O–H groups in total. The number of ether oxygens (including phenoxy) is 1. The molecule has 0 spiro atoms. The number of aromatic nitrogens is 2. The van der Waals surface area contributed by atoms with E-state index in [0.717, 1.165) is 28.7 Å². The lowest BCUT2D eigenvalue weighted by atomic mass is 10.00. The van der Waals surface area contributed by atoms with Crippen LogP contribution in [0, 0.1) is 19.8 Å². The quantitative estimate of drug-likeness (QED) is 0.308. The van der Waals surface area contributed by atoms with Gasteiger partial charge in [-0.1, -0.05) is 74.5 Å². The molecule has 2 heterocycles. The maximum Gasteiger partial charge on any atom is 0.264 e. The lowest BCUT2D eigenvalue weighted by molar-refractivity contribution is 0.102. The zero-order valence-electron chi connectivity index (χ0n) is 23.5. The first-order chi connectivity index (χ1) is 19.2. The van der Waals surface area contributed by atoms with Crippen LogP contribution in [0.4, 0.5) is 5.95 Å². The smallest absolute Gasteiger partial charge is 0.264 e. The predicted octanol–water partition coefficient (Wildman–Crippen LogP) is 6.37. The molecular weight excluding hydrogens is 520 g/mol. The Balaban J connectivity index is 1.63. The normalized spacial score (nSPS) is 17.2. The fourth-order valence-corrected chi connectivity index (χ4v) is 6.31. The van der Waals surface area contributed by atoms with E-state index in [-0.39, 0.29) is 16.9 Å². The van der Waals surface area contributed by atoms with Gasteiger partial charge in [0, 0.05) is 30.8 Å². The van der Waals surface area contributed by atoms with Gasteiger partial charge in [-0.25, -0.2) is 18.1 Å². The molecule has 0 saturated heterocycles. The van der Waals surface area contributed by atoms with E-state index < -0.39 is 10.0 Å². The molecule has 0 radical (unpaired) electrons. The van der Waals surface area contributed by atoms with Crippen LogP contribution in [0.3, 0.4) is 0 Å². The molecule has 7 nitrogen and oxygen atoms in total. The van der Waals surface area contributed by atoms with E-state index in [4.69, 9.17) is 4.74 Å². The number of sulfonamides is 1. The van der Waals surface area contributed by atoms with Gasteiger partial charge in [0.2, 0.25) is 11.8 Å². The van der Waals surface area contributed by atoms with Crippen molar-refractivity contribution >= 4 is 16.0 Å². The van der Waals surface area contributed by atoms with Gasteiger partial charge in [0.25, 0.3) is 10.0 Å². The SMILES string of the molecule is Cc1cccc(C)c1-c1cc2nc(n1)NS(=O)(=O)c1cccc(c1)CN(Cc1ccccc1)[C@H](CC(C)C)CO2. The average Bonchev–Trinajstić information content (AvgIpc) is 2.91. The first kappa shape index (κ1) is 27.8. The zero-order valence-corrected chi connectivity index (χ0v) is 24.3. The van der Waals surface area contributed by atoms with Crippen LogP contribution in [0.15, 0.2) is 83.8 Å². The maximum absolute atomic E-state index is 13.5. The predicted molar refractivity (Wildman–Crippen MR) is 159 cm³/mol. The summed E-state index contributed by atoms with van der Waals surface area (Å²) in [5, 5.41) is 0. The second kappa shape index (κ2) is 11.8. The molecule has 1 atom stereocenters. The van der Waals surface area contributed by atoms with Crippen molar-refractivity contribution in [3.8, 4) is 17.1 Å². The van der Waals surface area contributed by atoms with Crippen molar-refractivity contribution in [2.45, 2.75) is 58.1 Å². The first-order valence-corrected chi connectivity index (χ1v) is 15.1. The molecule has 8 heteroatoms. The minimum absolute atomic E-state index is 0.0126. The van der Waals surface area contributed by atoms with E-state index in [1.807, 2.05) is 56.3 Å². The minimum Gasteiger partial charge on any atom is -0.476 e. The Bertz CT molecular complexity index is 1570. The first-order valence-electron chi connectivity index (χ1n) is 13.7. The molecule has 208 valence electrons. The molecule has 0 saturated carbocycles. The lowest BCUT2D eigenvalue weighted by Crippen LogP contribution is -2.39. The third-order valence-corrected chi connectivity index (χ3v) is 8.50. The number of aryl methyl sites for hydroxylation is 2. The Morgan fingerprint density at radius 2 is 1.68 bits per heavy atom. The van der Waals surface area contributed by atoms with Gasteiger partial charge in [0.15, 0.2) is 0 Å². The Labute approximate surface area is 237 Å². The molecule has 0 fully saturated rings. The highest BCUT2D eigenvalue weighted by Crippen LogP contribution is 2.30. The van der Waals surface area contributed by atoms with Crippen molar-refractivity contribution in [3.63, 3.8) is 0 Å². The van der Waals surface area contributed by atoms with Crippen molar-refractivity contribution in [2.24, 2.45) is 5.92 Å². The van der Waals surface area contributed by atoms with E-state index in [0.29, 0.717) is 37.2 Å². The molecule has 0 unspecified atom stereocenters. The van der Waals surface area contributed by atoms with Crippen molar-refractivity contribution in [2.75, 3.05) is 11.3 Å². The topological polar surface area (TPSA) is 84.4 Å². The highest BCUT2D eigenvalue weighted by atomic mass is 32.2. The Morgan fingerprint density at radius 3 is 2.40 bits per heavy atom. The molecule has 1 aliphatic rings. The van der Waals surface area contributed by atoms with Gasteiger partial charge in [-0.05, 0) is 60.6 Å². The van der Waals surface area contributed by atoms with Crippen molar-refractivity contribution < 1.29 is 13.2 Å². The summed E-state index contributed by atoms with van der Waals surface area (Å²) in [6.45, 7) is 10.1. The van der Waals surface area contributed by atoms with Crippen LogP contribution in [0.5, 0.6) is 5.88 Å². The highest BCUT2D eigenvalue weighted by Gasteiger charge is 2.25. The maximum atomic E-state index is 13.5. The van der Waals surface area contributed by atoms with Gasteiger partial charge >= 0.3 is 0 Å². The van der Waals surface area contributed by atoms with Crippen LogP contribution in [0.25, 0.3) is 11.3 Å². The number of hydrogen-bond donors (Lipinski definition) is 1. The van der Waals surface area contributed by atoms with Crippen LogP contribution < -0.4 is 9.46 Å². The Morgan fingerprint density at radius 1 is 0.950 bits per heavy atom. The Kier molecular flexibility index (Phi) is 8.19. The molecule has 1 aliphatic heterocycles. The molecule has 40 heavy (non-hydrogen) atoms. The molecule has 4 aromatic rings. The van der Waals surface area contributed by atoms with Crippen LogP contribution in [0.2, 0.25) is 0 Å². The summed E-state index contributed by atoms with van der Waals surface area (Å²) >= 11 is 0. The summed E-state index contributed by atoms with van der Waals surface area (Å²) < 4.78 is 36.0. The second-order valence-corrected chi connectivity index (χ2v) is 12.6. The zero-order chi connectivity index (χ0) is 28.3. The van der Waals surface area contributed by atoms with Crippen LogP contribution >= 0.6 is 0 Å². The number of rotatable bonds is 5. The summed E-state index contributed by atoms with van der Waals surface area (Å²) in [7, 11) is -3.94. The van der Waals surface area contributed by atoms with Crippen molar-refractivity contribution in [1.82, 2.24) is 14.9 Å². The van der Waals surface area contributed by atoms with Crippen molar-refractivity contribution in [1.29, 1.82) is 0 Å². The summed E-state index contributed by atoms with van der Waals surface area (Å²) in [6.07, 6.45) is 0.908. The fraction of sp³-hybridized carbons (Fsp3) is 0.312. The van der Waals surface area contributed by atoms with E-state index >= 15 is 0 Å². The van der Waals surface area contributed by atoms with E-state index in [9.17, 15) is 8.42 Å². The monoisotopic (exact) mass is 556 g/mol. The number of nitrogens with one attached hydrogen (secondary N) is 1. The van der Waals surface area contributed by atoms with Gasteiger partial charge in [-0.3, -0.25) is 4.90 Å². The number of fused-ring (bicyclic) bond motifs is 4. The summed E-state index contributed by atoms with van der Waals surface area (Å²) in [4.78, 5) is 11.7. The van der Waals surface area contributed by atoms with E-state index in [1.54, 1.807) is 24.3 Å². The fourth-order valence-electron chi connectivity index (χ4n) is 5.30. The van der Waals surface area contributed by atoms with Crippen LogP contribution in [0.1, 0.15) is 42.5 Å². The van der Waals surface area contributed by atoms with Gasteiger partial charge in [-0.2, -0.15) is 4.98 Å². The molecule has 0 aliphatic carbocycles. The van der Waals surface area contributed by atoms with Crippen molar-refractivity contribution in [3.05, 3.63) is 101 Å². The Hall–Kier alpha value is -3.75. The van der Waals surface area contributed by atoms with Gasteiger partial charge in [-0.15, -0.1) is 0 Å². The van der Waals surface area contributed by atoms with Gasteiger partial charge in [0.05, 0.1) is 10.6 Å². The number of nitrogens with zero attached hydrogens (tertiary/aromatic N) is 3. The van der Waals surface area contributed by atoms with Gasteiger partial charge in [0.1, 0.15) is 6.61 Å². The average molecular weight is 557 g/mol. The van der Waals surface area contributed by atoms with E-state index in [1.165, 1.54) is 5.56 Å². The molecule has 1 aromatic heterocycles. The van der Waals surface area contributed by atoms with E-state index in [2.05, 4.69) is 45.6 Å². The summed E-state index contributed by atoms with van der Waals surface area (Å²) in [6, 6.07) is 25.3. The molecule has 4 bridgehead atoms. The number of hydrogen-bond acceptors (Lipinski definition) is 6. The summed E-state index contributed by atoms with van der Waals surface area (Å²) in [5.74, 6) is 0.758. The minimum atomic E-state index is -3.94. The third kappa shape index (κ3) is 6.51. The standard InChI is InChI=1S/C32H36N4O3S/c1-22(2)16-27-21-39-30-18-29(31-23(3)10-8-11-24(31)4)33-32(34-30)35-40(37,38)28-15-9-14-26(17-28)20-36(27)19-25-12-6-5-7-13-25/h5-15,17-18,22,27H,16,19-21H2,1-4H3,(H,33,34,35)/t27-/m1/s1. The second-order valence-electron chi connectivity index (χ2n) is 10.9. The molecule has 5 rings (SSSR count). The summed E-state index contributed by atoms with van der Waals surface area (Å²) in [5.41, 5.74) is 5.73. The lowest BCUT2D eigenvalue weighted by Gasteiger charge is -2.33. The highest BCUT2D eigenvalue weighted by molar-refractivity contribution is 7.92. The number of anilines is 1. The molecule has 3 aromatic carbocycles. The number of benzene rings is 3. The largest absolute Gasteiger partial charge is 0.476 e. The van der Waals surface area contributed by atoms with Gasteiger partial charge < -0.3 is 4.74 Å². The molecule has 0 amide bonds. The van der Waals surface area contributed by atoms with Crippen LogP contribution in [-0.2, 0) is 23.1 Å².